The van der Waals surface area contributed by atoms with Gasteiger partial charge in [0, 0.05) is 24.2 Å². The molecule has 6 nitrogen and oxygen atoms in total. The highest BCUT2D eigenvalue weighted by Gasteiger charge is 2.11. The lowest BCUT2D eigenvalue weighted by atomic mass is 10.1. The summed E-state index contributed by atoms with van der Waals surface area (Å²) in [7, 11) is 0. The third-order valence-electron chi connectivity index (χ3n) is 3.47. The number of nitrogens with two attached hydrogens (primary N) is 2. The average Bonchev–Trinajstić information content (AvgIpc) is 2.65. The number of hydrogen-bond acceptors (Lipinski definition) is 5. The zero-order valence-electron chi connectivity index (χ0n) is 15.2. The van der Waals surface area contributed by atoms with Crippen LogP contribution in [0.3, 0.4) is 0 Å². The molecule has 9 heteroatoms. The minimum absolute atomic E-state index is 0.132. The fourth-order valence-electron chi connectivity index (χ4n) is 2.04. The molecule has 0 saturated heterocycles. The van der Waals surface area contributed by atoms with E-state index in [2.05, 4.69) is 4.98 Å². The van der Waals surface area contributed by atoms with Gasteiger partial charge < -0.3 is 16.2 Å². The molecule has 0 aliphatic rings. The van der Waals surface area contributed by atoms with Gasteiger partial charge in [-0.05, 0) is 37.6 Å². The molecular formula is C19H22F3N3O3. The van der Waals surface area contributed by atoms with Crippen molar-refractivity contribution in [2.24, 2.45) is 11.5 Å². The van der Waals surface area contributed by atoms with Crippen LogP contribution < -0.4 is 16.2 Å². The van der Waals surface area contributed by atoms with Gasteiger partial charge in [-0.1, -0.05) is 12.5 Å². The van der Waals surface area contributed by atoms with Crippen LogP contribution in [0.2, 0.25) is 0 Å². The summed E-state index contributed by atoms with van der Waals surface area (Å²) < 4.78 is 43.4. The number of para-hydroxylation sites is 1. The van der Waals surface area contributed by atoms with E-state index < -0.39 is 29.2 Å². The van der Waals surface area contributed by atoms with E-state index >= 15 is 0 Å². The van der Waals surface area contributed by atoms with Crippen molar-refractivity contribution in [1.82, 2.24) is 4.98 Å². The fraction of sp³-hybridized carbons (Fsp3) is 0.316. The molecule has 0 unspecified atom stereocenters. The van der Waals surface area contributed by atoms with Gasteiger partial charge in [0.05, 0.1) is 0 Å². The Morgan fingerprint density at radius 3 is 2.25 bits per heavy atom. The van der Waals surface area contributed by atoms with Gasteiger partial charge in [0.25, 0.3) is 0 Å². The van der Waals surface area contributed by atoms with Crippen LogP contribution >= 0.6 is 0 Å². The molecule has 2 rings (SSSR count). The Labute approximate surface area is 160 Å². The quantitative estimate of drug-likeness (QED) is 0.500. The molecule has 0 atom stereocenters. The second kappa shape index (κ2) is 12.4. The summed E-state index contributed by atoms with van der Waals surface area (Å²) in [5, 5.41) is 0. The Kier molecular flexibility index (Phi) is 10.3. The van der Waals surface area contributed by atoms with E-state index in [4.69, 9.17) is 16.2 Å². The smallest absolute Gasteiger partial charge is 0.248 e. The summed E-state index contributed by atoms with van der Waals surface area (Å²) in [6.07, 6.45) is 4.00. The van der Waals surface area contributed by atoms with E-state index in [9.17, 15) is 22.8 Å². The number of ether oxygens (including phenoxy) is 1. The monoisotopic (exact) mass is 397 g/mol. The summed E-state index contributed by atoms with van der Waals surface area (Å²) in [4.78, 5) is 25.0. The SMILES string of the molecule is NC(=O)c1ccnc(F)c1.NCCCCCC(=O)COc1c(F)cccc1F. The minimum Gasteiger partial charge on any atom is -0.480 e. The number of carbonyl (C=O) groups is 2. The zero-order chi connectivity index (χ0) is 20.9. The first kappa shape index (κ1) is 23.1. The van der Waals surface area contributed by atoms with Crippen LogP contribution in [-0.4, -0.2) is 29.8 Å². The number of rotatable bonds is 9. The van der Waals surface area contributed by atoms with Crippen LogP contribution in [0.1, 0.15) is 36.0 Å². The van der Waals surface area contributed by atoms with Crippen molar-refractivity contribution in [2.75, 3.05) is 13.2 Å². The van der Waals surface area contributed by atoms with Crippen molar-refractivity contribution >= 4 is 11.7 Å². The van der Waals surface area contributed by atoms with Crippen molar-refractivity contribution in [3.63, 3.8) is 0 Å². The van der Waals surface area contributed by atoms with Crippen molar-refractivity contribution < 1.29 is 27.5 Å². The van der Waals surface area contributed by atoms with Crippen molar-refractivity contribution in [3.8, 4) is 5.75 Å². The molecule has 0 bridgehead atoms. The van der Waals surface area contributed by atoms with Gasteiger partial charge in [-0.2, -0.15) is 4.39 Å². The van der Waals surface area contributed by atoms with Crippen molar-refractivity contribution in [2.45, 2.75) is 25.7 Å². The average molecular weight is 397 g/mol. The Balaban J connectivity index is 0.000000330. The predicted molar refractivity (Wildman–Crippen MR) is 97.1 cm³/mol. The Morgan fingerprint density at radius 2 is 1.71 bits per heavy atom. The number of Topliss-reactive ketones (excluding diaryl/α,β-unsaturated/α-hetero) is 1. The second-order valence-corrected chi connectivity index (χ2v) is 5.71. The largest absolute Gasteiger partial charge is 0.480 e. The van der Waals surface area contributed by atoms with Crippen LogP contribution in [-0.2, 0) is 4.79 Å². The van der Waals surface area contributed by atoms with Crippen molar-refractivity contribution in [3.05, 3.63) is 59.7 Å². The molecule has 1 aromatic heterocycles. The van der Waals surface area contributed by atoms with Crippen LogP contribution in [0, 0.1) is 17.6 Å². The Bertz CT molecular complexity index is 768. The standard InChI is InChI=1S/C13H17F2NO2.C6H5FN2O/c14-11-6-4-7-12(15)13(11)18-9-10(17)5-2-1-3-8-16;7-5-3-4(6(8)10)1-2-9-5/h4,6-7H,1-3,5,8-9,16H2;1-3H,(H2,8,10). The van der Waals surface area contributed by atoms with Crippen LogP contribution in [0.4, 0.5) is 13.2 Å². The molecule has 28 heavy (non-hydrogen) atoms. The highest BCUT2D eigenvalue weighted by Crippen LogP contribution is 2.20. The van der Waals surface area contributed by atoms with Crippen LogP contribution in [0.25, 0.3) is 0 Å². The number of nitrogens with zero attached hydrogens (tertiary/aromatic N) is 1. The first-order valence-corrected chi connectivity index (χ1v) is 8.55. The Morgan fingerprint density at radius 1 is 1.04 bits per heavy atom. The first-order valence-electron chi connectivity index (χ1n) is 8.55. The highest BCUT2D eigenvalue weighted by atomic mass is 19.1. The van der Waals surface area contributed by atoms with E-state index in [-0.39, 0.29) is 18.0 Å². The number of pyridine rings is 1. The third kappa shape index (κ3) is 8.63. The number of benzene rings is 1. The van der Waals surface area contributed by atoms with Gasteiger partial charge in [0.15, 0.2) is 23.2 Å². The number of ketones is 1. The number of halogens is 3. The summed E-state index contributed by atoms with van der Waals surface area (Å²) in [5.74, 6) is -3.61. The third-order valence-corrected chi connectivity index (χ3v) is 3.47. The van der Waals surface area contributed by atoms with Crippen molar-refractivity contribution in [1.29, 1.82) is 0 Å². The topological polar surface area (TPSA) is 108 Å². The van der Waals surface area contributed by atoms with E-state index in [0.29, 0.717) is 13.0 Å². The van der Waals surface area contributed by atoms with E-state index in [1.165, 1.54) is 18.3 Å². The fourth-order valence-corrected chi connectivity index (χ4v) is 2.04. The van der Waals surface area contributed by atoms with E-state index in [0.717, 1.165) is 37.5 Å². The maximum absolute atomic E-state index is 13.2. The lowest BCUT2D eigenvalue weighted by molar-refractivity contribution is -0.121. The molecule has 0 aliphatic carbocycles. The number of carbonyl (C=O) groups excluding carboxylic acids is 2. The minimum atomic E-state index is -0.800. The van der Waals surface area contributed by atoms with Gasteiger partial charge in [0.2, 0.25) is 11.9 Å². The molecule has 1 heterocycles. The predicted octanol–water partition coefficient (Wildman–Crippen LogP) is 2.75. The van der Waals surface area contributed by atoms with Gasteiger partial charge >= 0.3 is 0 Å². The number of aromatic nitrogens is 1. The lowest BCUT2D eigenvalue weighted by Gasteiger charge is -2.07. The molecule has 0 fully saturated rings. The number of unbranched alkanes of at least 4 members (excludes halogenated alkanes) is 2. The summed E-state index contributed by atoms with van der Waals surface area (Å²) in [6, 6.07) is 5.76. The molecule has 0 saturated carbocycles. The second-order valence-electron chi connectivity index (χ2n) is 5.71. The number of hydrogen-bond donors (Lipinski definition) is 2. The molecule has 152 valence electrons. The van der Waals surface area contributed by atoms with Gasteiger partial charge in [0.1, 0.15) is 6.61 Å². The van der Waals surface area contributed by atoms with Gasteiger partial charge in [-0.25, -0.2) is 13.8 Å². The lowest BCUT2D eigenvalue weighted by Crippen LogP contribution is -2.12. The highest BCUT2D eigenvalue weighted by molar-refractivity contribution is 5.92. The molecular weight excluding hydrogens is 375 g/mol. The van der Waals surface area contributed by atoms with Crippen LogP contribution in [0.5, 0.6) is 5.75 Å². The van der Waals surface area contributed by atoms with Gasteiger partial charge in [-0.3, -0.25) is 9.59 Å². The maximum Gasteiger partial charge on any atom is 0.248 e. The molecule has 1 amide bonds. The summed E-state index contributed by atoms with van der Waals surface area (Å²) in [6.45, 7) is 0.297. The number of amides is 1. The first-order chi connectivity index (χ1) is 13.3. The zero-order valence-corrected chi connectivity index (χ0v) is 15.2. The normalized spacial score (nSPS) is 10.0. The molecule has 0 aliphatic heterocycles. The molecule has 1 aromatic carbocycles. The number of primary amides is 1. The van der Waals surface area contributed by atoms with Gasteiger partial charge in [-0.15, -0.1) is 0 Å². The summed E-state index contributed by atoms with van der Waals surface area (Å²) in [5.41, 5.74) is 10.3. The molecule has 2 aromatic rings. The maximum atomic E-state index is 13.2. The Hall–Kier alpha value is -2.94. The van der Waals surface area contributed by atoms with Crippen LogP contribution in [0.15, 0.2) is 36.5 Å². The molecule has 4 N–H and O–H groups in total. The molecule has 0 radical (unpaired) electrons. The van der Waals surface area contributed by atoms with E-state index in [1.807, 2.05) is 0 Å². The summed E-state index contributed by atoms with van der Waals surface area (Å²) >= 11 is 0. The molecule has 0 spiro atoms. The van der Waals surface area contributed by atoms with E-state index in [1.54, 1.807) is 0 Å².